The highest BCUT2D eigenvalue weighted by atomic mass is 35.5. The number of hydrogen-bond acceptors (Lipinski definition) is 5. The summed E-state index contributed by atoms with van der Waals surface area (Å²) in [7, 11) is 3.00. The fraction of sp³-hybridized carbons (Fsp3) is 0.389. The monoisotopic (exact) mass is 352 g/mol. The van der Waals surface area contributed by atoms with Gasteiger partial charge < -0.3 is 18.9 Å². The van der Waals surface area contributed by atoms with Crippen molar-refractivity contribution in [3.63, 3.8) is 0 Å². The quantitative estimate of drug-likeness (QED) is 0.537. The topological polar surface area (TPSA) is 54.0 Å². The van der Waals surface area contributed by atoms with Crippen LogP contribution in [0.3, 0.4) is 0 Å². The first-order valence-corrected chi connectivity index (χ1v) is 8.15. The van der Waals surface area contributed by atoms with E-state index < -0.39 is 0 Å². The summed E-state index contributed by atoms with van der Waals surface area (Å²) in [5, 5.41) is 1.89. The normalized spacial score (nSPS) is 10.5. The highest BCUT2D eigenvalue weighted by molar-refractivity contribution is 6.31. The van der Waals surface area contributed by atoms with Crippen LogP contribution in [0.2, 0.25) is 5.02 Å². The number of hydrogen-bond donors (Lipinski definition) is 0. The molecule has 0 fully saturated rings. The van der Waals surface area contributed by atoms with Crippen LogP contribution in [0.25, 0.3) is 10.8 Å². The zero-order chi connectivity index (χ0) is 17.7. The second kappa shape index (κ2) is 8.11. The molecule has 0 aliphatic rings. The van der Waals surface area contributed by atoms with Gasteiger partial charge in [0.15, 0.2) is 11.5 Å². The first-order valence-electron chi connectivity index (χ1n) is 7.77. The molecule has 0 unspecified atom stereocenters. The van der Waals surface area contributed by atoms with Crippen molar-refractivity contribution in [2.24, 2.45) is 0 Å². The lowest BCUT2D eigenvalue weighted by molar-refractivity contribution is -0.134. The third-order valence-corrected chi connectivity index (χ3v) is 3.69. The van der Waals surface area contributed by atoms with Crippen LogP contribution in [-0.2, 0) is 4.79 Å². The number of carbonyl (C=O) groups is 1. The lowest BCUT2D eigenvalue weighted by atomic mass is 10.1. The number of carbonyl (C=O) groups excluding carboxylic acids is 1. The average molecular weight is 353 g/mol. The molecule has 0 saturated carbocycles. The minimum absolute atomic E-state index is 0.286. The van der Waals surface area contributed by atoms with Gasteiger partial charge in [-0.25, -0.2) is 0 Å². The van der Waals surface area contributed by atoms with Crippen LogP contribution in [0.1, 0.15) is 26.7 Å². The molecule has 0 heterocycles. The summed E-state index contributed by atoms with van der Waals surface area (Å²) in [6.07, 6.45) is 0.995. The fourth-order valence-electron chi connectivity index (χ4n) is 2.48. The van der Waals surface area contributed by atoms with Crippen LogP contribution < -0.4 is 18.9 Å². The van der Waals surface area contributed by atoms with Gasteiger partial charge in [-0.1, -0.05) is 18.5 Å². The molecule has 0 amide bonds. The van der Waals surface area contributed by atoms with E-state index >= 15 is 0 Å². The number of methoxy groups -OCH3 is 2. The van der Waals surface area contributed by atoms with E-state index in [2.05, 4.69) is 0 Å². The second-order valence-electron chi connectivity index (χ2n) is 5.07. The Hall–Kier alpha value is -2.14. The standard InChI is InChI=1S/C18H21ClO5/c1-5-7-14(20)24-16-13-10-11(19)8-9-12(13)15(23-6-2)17(21-3)18(16)22-4/h8-10H,5-7H2,1-4H3. The second-order valence-corrected chi connectivity index (χ2v) is 5.51. The van der Waals surface area contributed by atoms with E-state index in [1.807, 2.05) is 19.9 Å². The van der Waals surface area contributed by atoms with Crippen molar-refractivity contribution >= 4 is 28.3 Å². The largest absolute Gasteiger partial charge is 0.490 e. The first-order chi connectivity index (χ1) is 11.6. The van der Waals surface area contributed by atoms with Gasteiger partial charge in [-0.05, 0) is 31.5 Å². The Morgan fingerprint density at radius 3 is 2.25 bits per heavy atom. The van der Waals surface area contributed by atoms with Crippen molar-refractivity contribution in [2.45, 2.75) is 26.7 Å². The number of esters is 1. The minimum atomic E-state index is -0.344. The molecule has 0 aromatic heterocycles. The average Bonchev–Trinajstić information content (AvgIpc) is 2.56. The molecule has 0 aliphatic heterocycles. The molecule has 0 radical (unpaired) electrons. The predicted molar refractivity (Wildman–Crippen MR) is 93.8 cm³/mol. The molecule has 5 nitrogen and oxygen atoms in total. The number of halogens is 1. The summed E-state index contributed by atoms with van der Waals surface area (Å²) in [6.45, 7) is 4.24. The number of fused-ring (bicyclic) bond motifs is 1. The highest BCUT2D eigenvalue weighted by Crippen LogP contribution is 2.51. The number of ether oxygens (including phenoxy) is 4. The van der Waals surface area contributed by atoms with Gasteiger partial charge in [-0.2, -0.15) is 0 Å². The van der Waals surface area contributed by atoms with Crippen LogP contribution >= 0.6 is 11.6 Å². The van der Waals surface area contributed by atoms with Crippen LogP contribution in [-0.4, -0.2) is 26.8 Å². The van der Waals surface area contributed by atoms with Gasteiger partial charge in [0, 0.05) is 22.2 Å². The Bertz CT molecular complexity index is 742. The van der Waals surface area contributed by atoms with Gasteiger partial charge >= 0.3 is 5.97 Å². The van der Waals surface area contributed by atoms with Gasteiger partial charge in [0.25, 0.3) is 0 Å². The molecule has 0 N–H and O–H groups in total. The van der Waals surface area contributed by atoms with E-state index in [1.54, 1.807) is 12.1 Å². The van der Waals surface area contributed by atoms with E-state index in [-0.39, 0.29) is 11.7 Å². The number of rotatable bonds is 7. The van der Waals surface area contributed by atoms with Crippen molar-refractivity contribution in [1.29, 1.82) is 0 Å². The predicted octanol–water partition coefficient (Wildman–Crippen LogP) is 4.61. The summed E-state index contributed by atoms with van der Waals surface area (Å²) in [5.74, 6) is 1.16. The Kier molecular flexibility index (Phi) is 6.15. The first kappa shape index (κ1) is 18.2. The van der Waals surface area contributed by atoms with E-state index in [1.165, 1.54) is 14.2 Å². The lowest BCUT2D eigenvalue weighted by Gasteiger charge is -2.19. The van der Waals surface area contributed by atoms with Crippen molar-refractivity contribution < 1.29 is 23.7 Å². The summed E-state index contributed by atoms with van der Waals surface area (Å²) in [6, 6.07) is 5.27. The van der Waals surface area contributed by atoms with Crippen LogP contribution in [0, 0.1) is 0 Å². The van der Waals surface area contributed by atoms with Crippen LogP contribution in [0.4, 0.5) is 0 Å². The van der Waals surface area contributed by atoms with Gasteiger partial charge in [0.1, 0.15) is 0 Å². The SMILES string of the molecule is CCCC(=O)Oc1c(OC)c(OC)c(OCC)c2ccc(Cl)cc12. The third kappa shape index (κ3) is 3.51. The molecule has 130 valence electrons. The van der Waals surface area contributed by atoms with E-state index in [0.29, 0.717) is 47.1 Å². The summed E-state index contributed by atoms with van der Waals surface area (Å²) >= 11 is 6.13. The smallest absolute Gasteiger partial charge is 0.311 e. The molecule has 0 spiro atoms. The van der Waals surface area contributed by atoms with Crippen LogP contribution in [0.15, 0.2) is 18.2 Å². The van der Waals surface area contributed by atoms with Gasteiger partial charge in [0.2, 0.25) is 11.5 Å². The van der Waals surface area contributed by atoms with Gasteiger partial charge in [-0.3, -0.25) is 4.79 Å². The van der Waals surface area contributed by atoms with Crippen molar-refractivity contribution in [3.05, 3.63) is 23.2 Å². The molecular weight excluding hydrogens is 332 g/mol. The molecule has 24 heavy (non-hydrogen) atoms. The van der Waals surface area contributed by atoms with Gasteiger partial charge in [0.05, 0.1) is 20.8 Å². The molecule has 6 heteroatoms. The molecule has 2 aromatic rings. The van der Waals surface area contributed by atoms with E-state index in [9.17, 15) is 4.79 Å². The molecule has 0 atom stereocenters. The van der Waals surface area contributed by atoms with Crippen molar-refractivity contribution in [2.75, 3.05) is 20.8 Å². The maximum absolute atomic E-state index is 12.0. The fourth-order valence-corrected chi connectivity index (χ4v) is 2.65. The zero-order valence-electron chi connectivity index (χ0n) is 14.3. The highest BCUT2D eigenvalue weighted by Gasteiger charge is 2.25. The Morgan fingerprint density at radius 2 is 1.67 bits per heavy atom. The minimum Gasteiger partial charge on any atom is -0.490 e. The third-order valence-electron chi connectivity index (χ3n) is 3.46. The molecule has 0 bridgehead atoms. The Morgan fingerprint density at radius 1 is 1.00 bits per heavy atom. The lowest BCUT2D eigenvalue weighted by Crippen LogP contribution is -2.09. The van der Waals surface area contributed by atoms with E-state index in [0.717, 1.165) is 5.39 Å². The van der Waals surface area contributed by atoms with Gasteiger partial charge in [-0.15, -0.1) is 0 Å². The summed E-state index contributed by atoms with van der Waals surface area (Å²) < 4.78 is 22.2. The molecular formula is C18H21ClO5. The Labute approximate surface area is 146 Å². The van der Waals surface area contributed by atoms with E-state index in [4.69, 9.17) is 30.5 Å². The molecule has 2 rings (SSSR count). The molecule has 0 saturated heterocycles. The zero-order valence-corrected chi connectivity index (χ0v) is 15.0. The van der Waals surface area contributed by atoms with Crippen LogP contribution in [0.5, 0.6) is 23.0 Å². The molecule has 2 aromatic carbocycles. The maximum atomic E-state index is 12.0. The summed E-state index contributed by atoms with van der Waals surface area (Å²) in [4.78, 5) is 12.0. The van der Waals surface area contributed by atoms with Crippen molar-refractivity contribution in [3.8, 4) is 23.0 Å². The maximum Gasteiger partial charge on any atom is 0.311 e. The summed E-state index contributed by atoms with van der Waals surface area (Å²) in [5.41, 5.74) is 0. The Balaban J connectivity index is 2.79. The molecule has 0 aliphatic carbocycles. The number of benzene rings is 2. The van der Waals surface area contributed by atoms with Crippen molar-refractivity contribution in [1.82, 2.24) is 0 Å².